The Bertz CT molecular complexity index is 274. The number of hydrogen-bond donors (Lipinski definition) is 1. The molecule has 2 N–H and O–H groups in total. The third-order valence-corrected chi connectivity index (χ3v) is 1.89. The number of nitrogens with two attached hydrogens (primary N) is 1. The molecule has 0 amide bonds. The van der Waals surface area contributed by atoms with E-state index in [2.05, 4.69) is 5.10 Å². The Balaban J connectivity index is 2.75. The van der Waals surface area contributed by atoms with Crippen molar-refractivity contribution in [3.05, 3.63) is 11.8 Å². The topological polar surface area (TPSA) is 43.8 Å². The Morgan fingerprint density at radius 2 is 2.23 bits per heavy atom. The van der Waals surface area contributed by atoms with Crippen LogP contribution in [-0.2, 0) is 6.54 Å². The molecule has 1 heterocycles. The molecule has 0 radical (unpaired) electrons. The van der Waals surface area contributed by atoms with E-state index in [1.807, 2.05) is 0 Å². The van der Waals surface area contributed by atoms with Gasteiger partial charge in [-0.25, -0.2) is 8.78 Å². The number of hydrogen-bond acceptors (Lipinski definition) is 2. The lowest BCUT2D eigenvalue weighted by Crippen LogP contribution is -2.22. The van der Waals surface area contributed by atoms with Crippen molar-refractivity contribution in [2.75, 3.05) is 5.73 Å². The predicted octanol–water partition coefficient (Wildman–Crippen LogP) is 1.82. The number of halogens is 2. The number of aromatic nitrogens is 2. The van der Waals surface area contributed by atoms with Crippen LogP contribution in [0.25, 0.3) is 0 Å². The van der Waals surface area contributed by atoms with Crippen LogP contribution in [0.1, 0.15) is 18.9 Å². The lowest BCUT2D eigenvalue weighted by atomic mass is 10.2. The summed E-state index contributed by atoms with van der Waals surface area (Å²) in [4.78, 5) is 0. The highest BCUT2D eigenvalue weighted by Crippen LogP contribution is 2.20. The largest absolute Gasteiger partial charge is 0.382 e. The lowest BCUT2D eigenvalue weighted by Gasteiger charge is -2.13. The second-order valence-electron chi connectivity index (χ2n) is 3.10. The maximum Gasteiger partial charge on any atom is 0.267 e. The van der Waals surface area contributed by atoms with Crippen molar-refractivity contribution < 1.29 is 8.78 Å². The molecule has 0 saturated heterocycles. The molecule has 1 rings (SSSR count). The van der Waals surface area contributed by atoms with Crippen LogP contribution in [0.2, 0.25) is 0 Å². The molecular weight excluding hydrogens is 176 g/mol. The van der Waals surface area contributed by atoms with E-state index in [9.17, 15) is 8.78 Å². The van der Waals surface area contributed by atoms with Crippen LogP contribution in [0.3, 0.4) is 0 Å². The molecule has 0 saturated carbocycles. The van der Waals surface area contributed by atoms with Crippen LogP contribution < -0.4 is 5.73 Å². The summed E-state index contributed by atoms with van der Waals surface area (Å²) in [6, 6.07) is 0. The van der Waals surface area contributed by atoms with Gasteiger partial charge in [-0.3, -0.25) is 4.68 Å². The van der Waals surface area contributed by atoms with Crippen molar-refractivity contribution in [3.63, 3.8) is 0 Å². The highest BCUT2D eigenvalue weighted by Gasteiger charge is 2.27. The van der Waals surface area contributed by atoms with E-state index in [1.54, 1.807) is 6.92 Å². The fourth-order valence-electron chi connectivity index (χ4n) is 0.966. The molecule has 1 aromatic rings. The Hall–Kier alpha value is -1.13. The van der Waals surface area contributed by atoms with Gasteiger partial charge >= 0.3 is 0 Å². The molecule has 0 unspecified atom stereocenters. The van der Waals surface area contributed by atoms with Gasteiger partial charge in [0.2, 0.25) is 0 Å². The summed E-state index contributed by atoms with van der Waals surface area (Å²) in [6.07, 6.45) is 1.34. The zero-order valence-corrected chi connectivity index (χ0v) is 7.72. The van der Waals surface area contributed by atoms with Crippen LogP contribution in [-0.4, -0.2) is 15.7 Å². The molecule has 0 atom stereocenters. The molecule has 0 aliphatic heterocycles. The van der Waals surface area contributed by atoms with Gasteiger partial charge in [-0.05, 0) is 6.92 Å². The van der Waals surface area contributed by atoms with Crippen LogP contribution in [0, 0.1) is 6.92 Å². The van der Waals surface area contributed by atoms with Gasteiger partial charge in [-0.2, -0.15) is 5.10 Å². The number of aryl methyl sites for hydroxylation is 1. The number of nitrogen functional groups attached to an aromatic ring is 1. The summed E-state index contributed by atoms with van der Waals surface area (Å²) < 4.78 is 26.9. The molecule has 0 aromatic carbocycles. The molecule has 0 aliphatic carbocycles. The second kappa shape index (κ2) is 3.32. The van der Waals surface area contributed by atoms with Crippen molar-refractivity contribution in [2.24, 2.45) is 0 Å². The van der Waals surface area contributed by atoms with Crippen molar-refractivity contribution >= 4 is 5.82 Å². The molecule has 5 heteroatoms. The molecular formula is C8H13F2N3. The van der Waals surface area contributed by atoms with Crippen molar-refractivity contribution in [1.82, 2.24) is 9.78 Å². The number of anilines is 1. The van der Waals surface area contributed by atoms with Crippen molar-refractivity contribution in [2.45, 2.75) is 32.7 Å². The van der Waals surface area contributed by atoms with E-state index in [0.29, 0.717) is 5.82 Å². The number of alkyl halides is 2. The van der Waals surface area contributed by atoms with E-state index in [0.717, 1.165) is 5.56 Å². The first-order chi connectivity index (χ1) is 5.94. The highest BCUT2D eigenvalue weighted by molar-refractivity contribution is 5.35. The minimum absolute atomic E-state index is 0.189. The predicted molar refractivity (Wildman–Crippen MR) is 46.6 cm³/mol. The van der Waals surface area contributed by atoms with E-state index in [4.69, 9.17) is 5.73 Å². The standard InChI is InChI=1S/C8H13F2N3/c1-3-8(9,10)5-13-4-6(2)7(11)12-13/h4H,3,5H2,1-2H3,(H2,11,12). The van der Waals surface area contributed by atoms with Gasteiger partial charge in [0.1, 0.15) is 12.4 Å². The molecule has 0 aliphatic rings. The molecule has 0 fully saturated rings. The molecule has 3 nitrogen and oxygen atoms in total. The van der Waals surface area contributed by atoms with Crippen LogP contribution >= 0.6 is 0 Å². The van der Waals surface area contributed by atoms with E-state index in [-0.39, 0.29) is 6.42 Å². The number of nitrogens with zero attached hydrogens (tertiary/aromatic N) is 2. The average molecular weight is 189 g/mol. The van der Waals surface area contributed by atoms with Crippen LogP contribution in [0.5, 0.6) is 0 Å². The summed E-state index contributed by atoms with van der Waals surface area (Å²) in [7, 11) is 0. The molecule has 1 aromatic heterocycles. The van der Waals surface area contributed by atoms with Gasteiger partial charge in [0.15, 0.2) is 0 Å². The maximum atomic E-state index is 12.9. The smallest absolute Gasteiger partial charge is 0.267 e. The first kappa shape index (κ1) is 9.95. The molecule has 74 valence electrons. The molecule has 13 heavy (non-hydrogen) atoms. The lowest BCUT2D eigenvalue weighted by molar-refractivity contribution is -0.0228. The Morgan fingerprint density at radius 1 is 1.62 bits per heavy atom. The quantitative estimate of drug-likeness (QED) is 0.788. The third kappa shape index (κ3) is 2.40. The van der Waals surface area contributed by atoms with E-state index in [1.165, 1.54) is 17.8 Å². The first-order valence-corrected chi connectivity index (χ1v) is 4.12. The fraction of sp³-hybridized carbons (Fsp3) is 0.625. The van der Waals surface area contributed by atoms with Gasteiger partial charge in [0, 0.05) is 18.2 Å². The summed E-state index contributed by atoms with van der Waals surface area (Å²) in [6.45, 7) is 2.78. The third-order valence-electron chi connectivity index (χ3n) is 1.89. The monoisotopic (exact) mass is 189 g/mol. The zero-order chi connectivity index (χ0) is 10.1. The summed E-state index contributed by atoms with van der Waals surface area (Å²) in [5.74, 6) is -2.39. The van der Waals surface area contributed by atoms with Crippen molar-refractivity contribution in [1.29, 1.82) is 0 Å². The first-order valence-electron chi connectivity index (χ1n) is 4.12. The van der Waals surface area contributed by atoms with Crippen molar-refractivity contribution in [3.8, 4) is 0 Å². The van der Waals surface area contributed by atoms with Crippen LogP contribution in [0.15, 0.2) is 6.20 Å². The zero-order valence-electron chi connectivity index (χ0n) is 7.72. The average Bonchev–Trinajstić information content (AvgIpc) is 2.30. The second-order valence-corrected chi connectivity index (χ2v) is 3.10. The van der Waals surface area contributed by atoms with E-state index >= 15 is 0 Å². The Morgan fingerprint density at radius 3 is 2.62 bits per heavy atom. The van der Waals surface area contributed by atoms with Gasteiger partial charge < -0.3 is 5.73 Å². The maximum absolute atomic E-state index is 12.9. The Labute approximate surface area is 75.5 Å². The molecule has 0 spiro atoms. The van der Waals surface area contributed by atoms with Gasteiger partial charge in [-0.15, -0.1) is 0 Å². The van der Waals surface area contributed by atoms with Gasteiger partial charge in [0.25, 0.3) is 5.92 Å². The van der Waals surface area contributed by atoms with Crippen LogP contribution in [0.4, 0.5) is 14.6 Å². The minimum atomic E-state index is -2.70. The Kier molecular flexibility index (Phi) is 2.54. The summed E-state index contributed by atoms with van der Waals surface area (Å²) in [5.41, 5.74) is 6.15. The molecule has 0 bridgehead atoms. The normalized spacial score (nSPS) is 12.0. The number of rotatable bonds is 3. The highest BCUT2D eigenvalue weighted by atomic mass is 19.3. The fourth-order valence-corrected chi connectivity index (χ4v) is 0.966. The minimum Gasteiger partial charge on any atom is -0.382 e. The van der Waals surface area contributed by atoms with Gasteiger partial charge in [-0.1, -0.05) is 6.92 Å². The summed E-state index contributed by atoms with van der Waals surface area (Å²) in [5, 5.41) is 3.76. The van der Waals surface area contributed by atoms with E-state index < -0.39 is 12.5 Å². The van der Waals surface area contributed by atoms with Gasteiger partial charge in [0.05, 0.1) is 0 Å². The SMILES string of the molecule is CCC(F)(F)Cn1cc(C)c(N)n1. The summed E-state index contributed by atoms with van der Waals surface area (Å²) >= 11 is 0.